The highest BCUT2D eigenvalue weighted by Crippen LogP contribution is 2.29. The van der Waals surface area contributed by atoms with Crippen LogP contribution >= 0.6 is 0 Å². The molecule has 1 aromatic heterocycles. The molecule has 0 N–H and O–H groups in total. The zero-order valence-corrected chi connectivity index (χ0v) is 21.7. The van der Waals surface area contributed by atoms with E-state index in [4.69, 9.17) is 4.98 Å². The van der Waals surface area contributed by atoms with Crippen LogP contribution in [-0.4, -0.2) is 20.4 Å². The molecule has 5 nitrogen and oxygen atoms in total. The van der Waals surface area contributed by atoms with Crippen LogP contribution in [0.3, 0.4) is 0 Å². The van der Waals surface area contributed by atoms with Crippen LogP contribution in [0.15, 0.2) is 114 Å². The number of benzene rings is 4. The van der Waals surface area contributed by atoms with E-state index >= 15 is 0 Å². The van der Waals surface area contributed by atoms with Crippen molar-refractivity contribution in [2.45, 2.75) is 39.3 Å². The number of para-hydroxylation sites is 1. The van der Waals surface area contributed by atoms with Crippen LogP contribution < -0.4 is 5.56 Å². The van der Waals surface area contributed by atoms with Crippen molar-refractivity contribution in [3.63, 3.8) is 0 Å². The fourth-order valence-electron chi connectivity index (χ4n) is 4.90. The van der Waals surface area contributed by atoms with Gasteiger partial charge in [0.2, 0.25) is 0 Å². The van der Waals surface area contributed by atoms with E-state index in [2.05, 4.69) is 6.92 Å². The minimum Gasteiger partial charge on any atom is -0.324 e. The summed E-state index contributed by atoms with van der Waals surface area (Å²) in [5.74, 6) is 0.456. The number of aromatic nitrogens is 2. The molecule has 190 valence electrons. The Bertz CT molecular complexity index is 1590. The number of carbonyl (C=O) groups excluding carboxylic acids is 1. The minimum atomic E-state index is -0.439. The zero-order valence-electron chi connectivity index (χ0n) is 21.7. The van der Waals surface area contributed by atoms with Gasteiger partial charge in [-0.15, -0.1) is 0 Å². The van der Waals surface area contributed by atoms with Crippen molar-refractivity contribution in [2.24, 2.45) is 0 Å². The second-order valence-corrected chi connectivity index (χ2v) is 9.36. The van der Waals surface area contributed by atoms with Gasteiger partial charge >= 0.3 is 0 Å². The van der Waals surface area contributed by atoms with E-state index in [9.17, 15) is 9.59 Å². The van der Waals surface area contributed by atoms with Gasteiger partial charge in [-0.25, -0.2) is 4.98 Å². The number of hydrogen-bond donors (Lipinski definition) is 0. The van der Waals surface area contributed by atoms with E-state index in [1.165, 1.54) is 5.56 Å². The van der Waals surface area contributed by atoms with Crippen LogP contribution in [0.1, 0.15) is 53.6 Å². The first-order valence-electron chi connectivity index (χ1n) is 13.1. The highest BCUT2D eigenvalue weighted by Gasteiger charge is 2.30. The quantitative estimate of drug-likeness (QED) is 0.237. The lowest BCUT2D eigenvalue weighted by Gasteiger charge is -2.32. The topological polar surface area (TPSA) is 55.2 Å². The van der Waals surface area contributed by atoms with Crippen molar-refractivity contribution in [1.29, 1.82) is 0 Å². The largest absolute Gasteiger partial charge is 0.324 e. The molecule has 0 saturated carbocycles. The number of rotatable bonds is 8. The summed E-state index contributed by atoms with van der Waals surface area (Å²) in [7, 11) is 0. The first-order valence-corrected chi connectivity index (χ1v) is 13.1. The Morgan fingerprint density at radius 2 is 1.42 bits per heavy atom. The summed E-state index contributed by atoms with van der Waals surface area (Å²) in [5, 5.41) is 0.551. The molecule has 0 spiro atoms. The van der Waals surface area contributed by atoms with Crippen molar-refractivity contribution in [3.8, 4) is 5.69 Å². The van der Waals surface area contributed by atoms with E-state index in [1.807, 2.05) is 121 Å². The summed E-state index contributed by atoms with van der Waals surface area (Å²) in [6.45, 7) is 4.53. The maximum atomic E-state index is 14.0. The molecule has 4 aromatic carbocycles. The first-order chi connectivity index (χ1) is 18.6. The van der Waals surface area contributed by atoms with Gasteiger partial charge in [-0.1, -0.05) is 86.6 Å². The maximum Gasteiger partial charge on any atom is 0.266 e. The fourth-order valence-corrected chi connectivity index (χ4v) is 4.90. The summed E-state index contributed by atoms with van der Waals surface area (Å²) in [5.41, 5.74) is 4.03. The van der Waals surface area contributed by atoms with E-state index in [1.54, 1.807) is 4.57 Å². The number of hydrogen-bond acceptors (Lipinski definition) is 3. The third-order valence-corrected chi connectivity index (χ3v) is 6.94. The molecule has 5 rings (SSSR count). The van der Waals surface area contributed by atoms with Crippen molar-refractivity contribution < 1.29 is 4.79 Å². The third-order valence-electron chi connectivity index (χ3n) is 6.94. The van der Waals surface area contributed by atoms with E-state index in [0.29, 0.717) is 35.3 Å². The van der Waals surface area contributed by atoms with Gasteiger partial charge in [0.1, 0.15) is 5.82 Å². The highest BCUT2D eigenvalue weighted by molar-refractivity contribution is 5.94. The van der Waals surface area contributed by atoms with Gasteiger partial charge in [0.05, 0.1) is 22.6 Å². The number of amides is 1. The molecule has 5 heteroatoms. The molecule has 0 bridgehead atoms. The molecule has 1 amide bonds. The van der Waals surface area contributed by atoms with Gasteiger partial charge in [0.15, 0.2) is 0 Å². The zero-order chi connectivity index (χ0) is 26.5. The molecule has 1 atom stereocenters. The van der Waals surface area contributed by atoms with Crippen LogP contribution in [0.4, 0.5) is 0 Å². The van der Waals surface area contributed by atoms with Crippen molar-refractivity contribution in [1.82, 2.24) is 14.5 Å². The Labute approximate surface area is 223 Å². The smallest absolute Gasteiger partial charge is 0.266 e. The third kappa shape index (κ3) is 5.00. The van der Waals surface area contributed by atoms with Crippen molar-refractivity contribution in [2.75, 3.05) is 0 Å². The predicted molar refractivity (Wildman–Crippen MR) is 153 cm³/mol. The monoisotopic (exact) mass is 501 g/mol. The van der Waals surface area contributed by atoms with Gasteiger partial charge in [0, 0.05) is 12.1 Å². The number of aryl methyl sites for hydroxylation is 1. The molecule has 0 saturated heterocycles. The molecular formula is C33H31N3O2. The Kier molecular flexibility index (Phi) is 7.45. The molecule has 1 heterocycles. The number of nitrogens with zero attached hydrogens (tertiary/aromatic N) is 3. The van der Waals surface area contributed by atoms with E-state index < -0.39 is 6.04 Å². The van der Waals surface area contributed by atoms with Gasteiger partial charge in [0.25, 0.3) is 11.5 Å². The first kappa shape index (κ1) is 25.2. The summed E-state index contributed by atoms with van der Waals surface area (Å²) in [4.78, 5) is 34.9. The summed E-state index contributed by atoms with van der Waals surface area (Å²) >= 11 is 0. The predicted octanol–water partition coefficient (Wildman–Crippen LogP) is 6.74. The Balaban J connectivity index is 1.72. The molecule has 0 aliphatic carbocycles. The SMILES string of the molecule is CCc1ccc(-n2c(C(CC)N(Cc3ccccc3)C(=O)c3ccccc3)nc3ccccc3c2=O)cc1. The second kappa shape index (κ2) is 11.3. The Morgan fingerprint density at radius 1 is 0.789 bits per heavy atom. The van der Waals surface area contributed by atoms with Gasteiger partial charge < -0.3 is 4.90 Å². The lowest BCUT2D eigenvalue weighted by molar-refractivity contribution is 0.0640. The molecule has 0 radical (unpaired) electrons. The average Bonchev–Trinajstić information content (AvgIpc) is 2.98. The molecular weight excluding hydrogens is 470 g/mol. The minimum absolute atomic E-state index is 0.100. The summed E-state index contributed by atoms with van der Waals surface area (Å²) in [6.07, 6.45) is 1.50. The van der Waals surface area contributed by atoms with Crippen LogP contribution in [-0.2, 0) is 13.0 Å². The number of fused-ring (bicyclic) bond motifs is 1. The van der Waals surface area contributed by atoms with Gasteiger partial charge in [-0.3, -0.25) is 14.2 Å². The molecule has 0 aliphatic heterocycles. The van der Waals surface area contributed by atoms with Crippen molar-refractivity contribution in [3.05, 3.63) is 142 Å². The maximum absolute atomic E-state index is 14.0. The summed E-state index contributed by atoms with van der Waals surface area (Å²) < 4.78 is 1.69. The van der Waals surface area contributed by atoms with Crippen LogP contribution in [0.25, 0.3) is 16.6 Å². The lowest BCUT2D eigenvalue weighted by Crippen LogP contribution is -2.38. The normalized spacial score (nSPS) is 11.8. The summed E-state index contributed by atoms with van der Waals surface area (Å²) in [6, 6.07) is 34.2. The highest BCUT2D eigenvalue weighted by atomic mass is 16.2. The molecule has 0 aliphatic rings. The van der Waals surface area contributed by atoms with Crippen LogP contribution in [0.2, 0.25) is 0 Å². The van der Waals surface area contributed by atoms with Crippen LogP contribution in [0.5, 0.6) is 0 Å². The number of carbonyl (C=O) groups is 1. The lowest BCUT2D eigenvalue weighted by atomic mass is 10.1. The Hall–Kier alpha value is -4.51. The fraction of sp³-hybridized carbons (Fsp3) is 0.182. The van der Waals surface area contributed by atoms with E-state index in [0.717, 1.165) is 17.7 Å². The van der Waals surface area contributed by atoms with Crippen molar-refractivity contribution >= 4 is 16.8 Å². The molecule has 0 fully saturated rings. The van der Waals surface area contributed by atoms with E-state index in [-0.39, 0.29) is 11.5 Å². The Morgan fingerprint density at radius 3 is 2.08 bits per heavy atom. The standard InChI is InChI=1S/C33H31N3O2/c1-3-24-19-21-27(22-20-24)36-31(34-29-18-12-11-17-28(29)33(36)38)30(4-2)35(23-25-13-7-5-8-14-25)32(37)26-15-9-6-10-16-26/h5-22,30H,3-4,23H2,1-2H3. The second-order valence-electron chi connectivity index (χ2n) is 9.36. The van der Waals surface area contributed by atoms with Gasteiger partial charge in [-0.05, 0) is 60.4 Å². The molecule has 1 unspecified atom stereocenters. The van der Waals surface area contributed by atoms with Gasteiger partial charge in [-0.2, -0.15) is 0 Å². The molecule has 5 aromatic rings. The average molecular weight is 502 g/mol. The van der Waals surface area contributed by atoms with Crippen LogP contribution in [0, 0.1) is 0 Å². The molecule has 38 heavy (non-hydrogen) atoms.